The Kier molecular flexibility index (Phi) is 14.1. The van der Waals surface area contributed by atoms with Gasteiger partial charge in [0.2, 0.25) is 0 Å². The molecule has 0 aliphatic heterocycles. The molecule has 0 nitrogen and oxygen atoms in total. The zero-order chi connectivity index (χ0) is 36.4. The molecule has 0 atom stereocenters. The second kappa shape index (κ2) is 19.8. The molecule has 0 amide bonds. The first-order valence-electron chi connectivity index (χ1n) is 18.0. The largest absolute Gasteiger partial charge is 0.0622 e. The first kappa shape index (κ1) is 37.0. The Labute approximate surface area is 311 Å². The van der Waals surface area contributed by atoms with Crippen molar-refractivity contribution in [3.8, 4) is 44.5 Å². The third-order valence-corrected chi connectivity index (χ3v) is 9.21. The molecule has 0 spiro atoms. The Morgan fingerprint density at radius 2 is 0.423 bits per heavy atom. The van der Waals surface area contributed by atoms with Crippen LogP contribution in [0.15, 0.2) is 218 Å². The molecule has 0 aliphatic carbocycles. The fourth-order valence-corrected chi connectivity index (χ4v) is 5.91. The summed E-state index contributed by atoms with van der Waals surface area (Å²) in [6.45, 7) is 8.81. The summed E-state index contributed by atoms with van der Waals surface area (Å²) in [4.78, 5) is 0. The molecular formula is C52H48. The molecule has 0 N–H and O–H groups in total. The van der Waals surface area contributed by atoms with Gasteiger partial charge in [-0.25, -0.2) is 0 Å². The van der Waals surface area contributed by atoms with E-state index in [1.807, 2.05) is 36.4 Å². The maximum absolute atomic E-state index is 2.30. The minimum absolute atomic E-state index is 1.28. The molecule has 0 aromatic heterocycles. The van der Waals surface area contributed by atoms with E-state index in [1.165, 1.54) is 66.8 Å². The molecule has 0 aliphatic rings. The molecule has 8 aromatic carbocycles. The van der Waals surface area contributed by atoms with Crippen molar-refractivity contribution in [1.82, 2.24) is 0 Å². The van der Waals surface area contributed by atoms with Gasteiger partial charge in [-0.3, -0.25) is 0 Å². The summed E-state index contributed by atoms with van der Waals surface area (Å²) in [6, 6.07) is 75.3. The van der Waals surface area contributed by atoms with Crippen LogP contribution in [0.4, 0.5) is 0 Å². The van der Waals surface area contributed by atoms with Crippen LogP contribution in [-0.2, 0) is 0 Å². The Morgan fingerprint density at radius 3 is 0.654 bits per heavy atom. The standard InChI is InChI=1S/C16H18.3C12H10/c1-11-10-16(14(4)13(3)12(11)2)15-8-6-5-7-9-15;3*1-3-7-11(8-4-1)12-9-5-2-6-10-12/h5-10H,1-4H3;3*1-10H. The van der Waals surface area contributed by atoms with Crippen LogP contribution in [-0.4, -0.2) is 0 Å². The van der Waals surface area contributed by atoms with Crippen molar-refractivity contribution >= 4 is 0 Å². The Bertz CT molecular complexity index is 1870. The third kappa shape index (κ3) is 10.9. The lowest BCUT2D eigenvalue weighted by Gasteiger charge is -2.14. The molecule has 8 rings (SSSR count). The van der Waals surface area contributed by atoms with Crippen LogP contribution in [0.2, 0.25) is 0 Å². The van der Waals surface area contributed by atoms with Crippen LogP contribution in [0.25, 0.3) is 44.5 Å². The van der Waals surface area contributed by atoms with Crippen molar-refractivity contribution in [3.63, 3.8) is 0 Å². The van der Waals surface area contributed by atoms with Gasteiger partial charge < -0.3 is 0 Å². The Morgan fingerprint density at radius 1 is 0.212 bits per heavy atom. The van der Waals surface area contributed by atoms with Crippen LogP contribution in [0.3, 0.4) is 0 Å². The van der Waals surface area contributed by atoms with Crippen molar-refractivity contribution in [3.05, 3.63) is 241 Å². The summed E-state index contributed by atoms with van der Waals surface area (Å²) in [7, 11) is 0. The van der Waals surface area contributed by atoms with E-state index in [9.17, 15) is 0 Å². The molecule has 0 fully saturated rings. The summed E-state index contributed by atoms with van der Waals surface area (Å²) in [6.07, 6.45) is 0. The third-order valence-electron chi connectivity index (χ3n) is 9.21. The highest BCUT2D eigenvalue weighted by molar-refractivity contribution is 5.70. The van der Waals surface area contributed by atoms with Gasteiger partial charge in [0, 0.05) is 0 Å². The maximum atomic E-state index is 2.30. The number of rotatable bonds is 4. The van der Waals surface area contributed by atoms with Crippen LogP contribution in [0, 0.1) is 27.7 Å². The van der Waals surface area contributed by atoms with Crippen molar-refractivity contribution in [2.75, 3.05) is 0 Å². The average molecular weight is 673 g/mol. The lowest BCUT2D eigenvalue weighted by Crippen LogP contribution is -1.94. The summed E-state index contributed by atoms with van der Waals surface area (Å²) >= 11 is 0. The van der Waals surface area contributed by atoms with Crippen molar-refractivity contribution in [2.45, 2.75) is 27.7 Å². The second-order valence-electron chi connectivity index (χ2n) is 12.7. The van der Waals surface area contributed by atoms with Gasteiger partial charge in [-0.05, 0) is 94.5 Å². The smallest absolute Gasteiger partial charge is 0.0149 e. The topological polar surface area (TPSA) is 0 Å². The molecule has 0 heterocycles. The molecule has 0 radical (unpaired) electrons. The summed E-state index contributed by atoms with van der Waals surface area (Å²) in [5, 5.41) is 0. The second-order valence-corrected chi connectivity index (χ2v) is 12.7. The normalized spacial score (nSPS) is 9.92. The van der Waals surface area contributed by atoms with Gasteiger partial charge in [0.25, 0.3) is 0 Å². The summed E-state index contributed by atoms with van der Waals surface area (Å²) < 4.78 is 0. The first-order valence-corrected chi connectivity index (χ1v) is 18.0. The van der Waals surface area contributed by atoms with Crippen molar-refractivity contribution < 1.29 is 0 Å². The van der Waals surface area contributed by atoms with E-state index >= 15 is 0 Å². The highest BCUT2D eigenvalue weighted by Gasteiger charge is 2.08. The molecule has 0 unspecified atom stereocenters. The van der Waals surface area contributed by atoms with Crippen LogP contribution >= 0.6 is 0 Å². The summed E-state index contributed by atoms with van der Waals surface area (Å²) in [5.41, 5.74) is 15.9. The van der Waals surface area contributed by atoms with E-state index in [2.05, 4.69) is 210 Å². The maximum Gasteiger partial charge on any atom is -0.0149 e. The predicted octanol–water partition coefficient (Wildman–Crippen LogP) is 14.6. The van der Waals surface area contributed by atoms with Gasteiger partial charge >= 0.3 is 0 Å². The number of aryl methyl sites for hydroxylation is 1. The molecule has 256 valence electrons. The Hall–Kier alpha value is -6.24. The van der Waals surface area contributed by atoms with Gasteiger partial charge in [-0.15, -0.1) is 0 Å². The Balaban J connectivity index is 0.000000135. The highest BCUT2D eigenvalue weighted by atomic mass is 14.1. The summed E-state index contributed by atoms with van der Waals surface area (Å²) in [5.74, 6) is 0. The van der Waals surface area contributed by atoms with Crippen LogP contribution in [0.1, 0.15) is 22.3 Å². The average Bonchev–Trinajstić information content (AvgIpc) is 3.24. The van der Waals surface area contributed by atoms with Gasteiger partial charge in [-0.1, -0.05) is 218 Å². The lowest BCUT2D eigenvalue weighted by atomic mass is 9.91. The molecule has 8 aromatic rings. The zero-order valence-corrected chi connectivity index (χ0v) is 30.8. The molecule has 0 heteroatoms. The van der Waals surface area contributed by atoms with Gasteiger partial charge in [0.15, 0.2) is 0 Å². The molecular weight excluding hydrogens is 625 g/mol. The fourth-order valence-electron chi connectivity index (χ4n) is 5.91. The van der Waals surface area contributed by atoms with Crippen LogP contribution < -0.4 is 0 Å². The van der Waals surface area contributed by atoms with E-state index in [0.29, 0.717) is 0 Å². The lowest BCUT2D eigenvalue weighted by molar-refractivity contribution is 1.22. The van der Waals surface area contributed by atoms with E-state index in [0.717, 1.165) is 0 Å². The minimum Gasteiger partial charge on any atom is -0.0622 e. The van der Waals surface area contributed by atoms with Gasteiger partial charge in [-0.2, -0.15) is 0 Å². The van der Waals surface area contributed by atoms with Crippen molar-refractivity contribution in [2.24, 2.45) is 0 Å². The van der Waals surface area contributed by atoms with E-state index in [4.69, 9.17) is 0 Å². The zero-order valence-electron chi connectivity index (χ0n) is 30.8. The molecule has 52 heavy (non-hydrogen) atoms. The van der Waals surface area contributed by atoms with E-state index in [1.54, 1.807) is 0 Å². The SMILES string of the molecule is Cc1cc(-c2ccccc2)c(C)c(C)c1C.c1ccc(-c2ccccc2)cc1.c1ccc(-c2ccccc2)cc1.c1ccc(-c2ccccc2)cc1. The predicted molar refractivity (Wildman–Crippen MR) is 226 cm³/mol. The number of hydrogen-bond acceptors (Lipinski definition) is 0. The molecule has 0 bridgehead atoms. The fraction of sp³-hybridized carbons (Fsp3) is 0.0769. The highest BCUT2D eigenvalue weighted by Crippen LogP contribution is 2.29. The molecule has 0 saturated heterocycles. The first-order chi connectivity index (χ1) is 25.5. The monoisotopic (exact) mass is 672 g/mol. The van der Waals surface area contributed by atoms with Gasteiger partial charge in [0.1, 0.15) is 0 Å². The van der Waals surface area contributed by atoms with E-state index in [-0.39, 0.29) is 0 Å². The van der Waals surface area contributed by atoms with E-state index < -0.39 is 0 Å². The number of hydrogen-bond donors (Lipinski definition) is 0. The minimum atomic E-state index is 1.28. The number of benzene rings is 8. The molecule has 0 saturated carbocycles. The van der Waals surface area contributed by atoms with Crippen LogP contribution in [0.5, 0.6) is 0 Å². The quantitative estimate of drug-likeness (QED) is 0.175. The van der Waals surface area contributed by atoms with Crippen molar-refractivity contribution in [1.29, 1.82) is 0 Å². The van der Waals surface area contributed by atoms with Gasteiger partial charge in [0.05, 0.1) is 0 Å².